The summed E-state index contributed by atoms with van der Waals surface area (Å²) in [5.74, 6) is -2.26. The van der Waals surface area contributed by atoms with E-state index in [9.17, 15) is 9.90 Å². The van der Waals surface area contributed by atoms with Crippen LogP contribution in [0.2, 0.25) is 0 Å². The third-order valence-corrected chi connectivity index (χ3v) is 1.29. The van der Waals surface area contributed by atoms with E-state index in [1.165, 1.54) is 19.7 Å². The number of carbonyl (C=O) groups excluding carboxylic acids is 3. The van der Waals surface area contributed by atoms with Gasteiger partial charge in [-0.1, -0.05) is 42.9 Å². The molecule has 0 N–H and O–H groups in total. The number of benzene rings is 1. The predicted molar refractivity (Wildman–Crippen MR) is 63.9 cm³/mol. The van der Waals surface area contributed by atoms with E-state index in [0.717, 1.165) is 18.6 Å². The van der Waals surface area contributed by atoms with Crippen molar-refractivity contribution in [3.8, 4) is 0 Å². The summed E-state index contributed by atoms with van der Waals surface area (Å²) >= 11 is 0. The van der Waals surface area contributed by atoms with Crippen LogP contribution in [0.15, 0.2) is 36.4 Å². The number of carboxylic acid groups (broad SMARTS) is 2. The van der Waals surface area contributed by atoms with Crippen LogP contribution in [-0.4, -0.2) is 25.5 Å². The molecule has 104 valence electrons. The number of aliphatic carboxylic acids is 2. The van der Waals surface area contributed by atoms with Crippen LogP contribution in [0.5, 0.6) is 0 Å². The minimum absolute atomic E-state index is 0. The van der Waals surface area contributed by atoms with E-state index in [4.69, 9.17) is 14.7 Å². The molecule has 6 nitrogen and oxygen atoms in total. The van der Waals surface area contributed by atoms with Gasteiger partial charge in [-0.2, -0.15) is 0 Å². The Bertz CT molecular complexity index is 399. The van der Waals surface area contributed by atoms with Crippen LogP contribution in [-0.2, 0) is 19.1 Å². The van der Waals surface area contributed by atoms with E-state index in [2.05, 4.69) is 4.74 Å². The second-order valence-electron chi connectivity index (χ2n) is 2.84. The molecule has 0 unspecified atom stereocenters. The molecule has 7 heteroatoms. The molecule has 0 amide bonds. The van der Waals surface area contributed by atoms with Crippen molar-refractivity contribution < 1.29 is 80.7 Å². The third kappa shape index (κ3) is 25.8. The van der Waals surface area contributed by atoms with Gasteiger partial charge < -0.3 is 29.3 Å². The summed E-state index contributed by atoms with van der Waals surface area (Å²) in [6.45, 7) is 2.15. The quantitative estimate of drug-likeness (QED) is 0.319. The van der Waals surface area contributed by atoms with Gasteiger partial charge in [0.05, 0.1) is 5.97 Å². The molecule has 0 aliphatic carbocycles. The van der Waals surface area contributed by atoms with Gasteiger partial charge in [-0.05, 0) is 18.6 Å². The molecule has 1 aromatic carbocycles. The zero-order chi connectivity index (χ0) is 15.1. The van der Waals surface area contributed by atoms with Crippen LogP contribution in [0.25, 0.3) is 6.08 Å². The Kier molecular flexibility index (Phi) is 21.7. The number of hydrogen-bond acceptors (Lipinski definition) is 6. The van der Waals surface area contributed by atoms with Crippen molar-refractivity contribution in [1.29, 1.82) is 0 Å². The van der Waals surface area contributed by atoms with Crippen LogP contribution >= 0.6 is 0 Å². The van der Waals surface area contributed by atoms with Crippen molar-refractivity contribution in [2.45, 2.75) is 6.92 Å². The summed E-state index contributed by atoms with van der Waals surface area (Å²) in [6.07, 6.45) is 2.50. The Hall–Kier alpha value is -0.994. The maximum Gasteiger partial charge on any atom is 1.00 e. The SMILES string of the molecule is CC(=O)[O-].CO[C-]=O.O=C([O-])/C=C/c1ccccc1.[K+]. The molecular weight excluding hydrogens is 291 g/mol. The molecule has 0 atom stereocenters. The summed E-state index contributed by atoms with van der Waals surface area (Å²) in [6, 6.07) is 9.19. The first-order valence-electron chi connectivity index (χ1n) is 4.95. The van der Waals surface area contributed by atoms with E-state index in [0.29, 0.717) is 0 Å². The number of carbonyl (C=O) groups is 2. The standard InChI is InChI=1S/C9H8O2.C2H3O2.C2H4O2.K/c10-9(11)7-6-8-4-2-1-3-5-8;1-4-2-3;1-2(3)4;/h1-7H,(H,10,11);1H3;1H3,(H,3,4);/q;-1;;+1/p-2/b7-6+;;;. The molecule has 0 radical (unpaired) electrons. The minimum Gasteiger partial charge on any atom is -0.655 e. The molecule has 0 saturated carbocycles. The molecule has 1 rings (SSSR count). The van der Waals surface area contributed by atoms with Gasteiger partial charge in [-0.15, -0.1) is 0 Å². The second kappa shape index (κ2) is 18.0. The van der Waals surface area contributed by atoms with Crippen molar-refractivity contribution in [2.75, 3.05) is 7.11 Å². The largest absolute Gasteiger partial charge is 1.00 e. The fraction of sp³-hybridized carbons (Fsp3) is 0.154. The van der Waals surface area contributed by atoms with Gasteiger partial charge in [-0.3, -0.25) is 0 Å². The van der Waals surface area contributed by atoms with Crippen LogP contribution in [0.4, 0.5) is 0 Å². The molecule has 0 spiro atoms. The Morgan fingerprint density at radius 2 is 1.60 bits per heavy atom. The smallest absolute Gasteiger partial charge is 0.655 e. The predicted octanol–water partition coefficient (Wildman–Crippen LogP) is -4.09. The normalized spacial score (nSPS) is 7.90. The van der Waals surface area contributed by atoms with Gasteiger partial charge in [0.25, 0.3) is 0 Å². The third-order valence-electron chi connectivity index (χ3n) is 1.29. The van der Waals surface area contributed by atoms with E-state index in [-0.39, 0.29) is 51.4 Å². The van der Waals surface area contributed by atoms with Crippen molar-refractivity contribution >= 4 is 24.5 Å². The minimum atomic E-state index is -1.17. The summed E-state index contributed by atoms with van der Waals surface area (Å²) < 4.78 is 3.74. The Morgan fingerprint density at radius 3 is 1.90 bits per heavy atom. The van der Waals surface area contributed by atoms with Crippen molar-refractivity contribution in [1.82, 2.24) is 0 Å². The van der Waals surface area contributed by atoms with Crippen molar-refractivity contribution in [3.05, 3.63) is 42.0 Å². The van der Waals surface area contributed by atoms with Gasteiger partial charge in [0.2, 0.25) is 0 Å². The van der Waals surface area contributed by atoms with E-state index in [1.54, 1.807) is 0 Å². The maximum atomic E-state index is 9.97. The molecule has 0 aromatic heterocycles. The maximum absolute atomic E-state index is 9.97. The fourth-order valence-electron chi connectivity index (χ4n) is 0.728. The first-order chi connectivity index (χ1) is 8.93. The van der Waals surface area contributed by atoms with Crippen molar-refractivity contribution in [2.24, 2.45) is 0 Å². The molecule has 0 heterocycles. The number of methoxy groups -OCH3 is 1. The van der Waals surface area contributed by atoms with Gasteiger partial charge in [0, 0.05) is 13.1 Å². The first kappa shape index (κ1) is 24.1. The number of ether oxygens (including phenoxy) is 1. The number of hydrogen-bond donors (Lipinski definition) is 0. The molecular formula is C13H13KO6-2. The molecule has 0 saturated heterocycles. The van der Waals surface area contributed by atoms with E-state index in [1.807, 2.05) is 30.3 Å². The Labute approximate surface area is 159 Å². The van der Waals surface area contributed by atoms with Crippen LogP contribution in [0.3, 0.4) is 0 Å². The van der Waals surface area contributed by atoms with Crippen molar-refractivity contribution in [3.63, 3.8) is 0 Å². The van der Waals surface area contributed by atoms with Crippen LogP contribution < -0.4 is 61.6 Å². The Balaban J connectivity index is -0.000000272. The number of rotatable bonds is 3. The molecule has 20 heavy (non-hydrogen) atoms. The van der Waals surface area contributed by atoms with Crippen LogP contribution in [0.1, 0.15) is 12.5 Å². The molecule has 0 bridgehead atoms. The monoisotopic (exact) mass is 304 g/mol. The fourth-order valence-corrected chi connectivity index (χ4v) is 0.728. The summed E-state index contributed by atoms with van der Waals surface area (Å²) in [4.78, 5) is 27.7. The van der Waals surface area contributed by atoms with Crippen LogP contribution in [0, 0.1) is 0 Å². The summed E-state index contributed by atoms with van der Waals surface area (Å²) in [5, 5.41) is 18.9. The van der Waals surface area contributed by atoms with E-state index < -0.39 is 11.9 Å². The van der Waals surface area contributed by atoms with Gasteiger partial charge >= 0.3 is 51.4 Å². The van der Waals surface area contributed by atoms with Gasteiger partial charge in [-0.25, -0.2) is 0 Å². The zero-order valence-electron chi connectivity index (χ0n) is 11.5. The summed E-state index contributed by atoms with van der Waals surface area (Å²) in [5.41, 5.74) is 0.858. The molecule has 1 aromatic rings. The topological polar surface area (TPSA) is 107 Å². The molecule has 0 aliphatic heterocycles. The molecule has 0 aliphatic rings. The molecule has 0 fully saturated rings. The zero-order valence-corrected chi connectivity index (χ0v) is 14.6. The Morgan fingerprint density at radius 1 is 1.20 bits per heavy atom. The second-order valence-corrected chi connectivity index (χ2v) is 2.84. The van der Waals surface area contributed by atoms with E-state index >= 15 is 0 Å². The number of carboxylic acids is 2. The van der Waals surface area contributed by atoms with Gasteiger partial charge in [0.1, 0.15) is 0 Å². The average molecular weight is 304 g/mol. The first-order valence-corrected chi connectivity index (χ1v) is 4.95. The average Bonchev–Trinajstić information content (AvgIpc) is 2.37. The summed E-state index contributed by atoms with van der Waals surface area (Å²) in [7, 11) is 1.26. The van der Waals surface area contributed by atoms with Gasteiger partial charge in [0.15, 0.2) is 0 Å².